The lowest BCUT2D eigenvalue weighted by molar-refractivity contribution is -0.114. The first-order valence-corrected chi connectivity index (χ1v) is 8.53. The summed E-state index contributed by atoms with van der Waals surface area (Å²) in [7, 11) is 0. The van der Waals surface area contributed by atoms with Crippen LogP contribution in [0.25, 0.3) is 16.9 Å². The van der Waals surface area contributed by atoms with Gasteiger partial charge in [0.15, 0.2) is 11.5 Å². The molecule has 7 heteroatoms. The van der Waals surface area contributed by atoms with E-state index in [2.05, 4.69) is 25.6 Å². The van der Waals surface area contributed by atoms with Crippen LogP contribution in [-0.2, 0) is 11.3 Å². The Morgan fingerprint density at radius 2 is 2.04 bits per heavy atom. The van der Waals surface area contributed by atoms with Crippen molar-refractivity contribution >= 4 is 23.1 Å². The van der Waals surface area contributed by atoms with Gasteiger partial charge in [-0.15, -0.1) is 0 Å². The van der Waals surface area contributed by atoms with E-state index in [-0.39, 0.29) is 5.91 Å². The average molecular weight is 358 g/mol. The zero-order valence-corrected chi connectivity index (χ0v) is 14.8. The van der Waals surface area contributed by atoms with Gasteiger partial charge in [-0.05, 0) is 23.8 Å². The van der Waals surface area contributed by atoms with Gasteiger partial charge in [0, 0.05) is 49.5 Å². The highest BCUT2D eigenvalue weighted by atomic mass is 16.1. The molecule has 0 aliphatic heterocycles. The van der Waals surface area contributed by atoms with E-state index in [9.17, 15) is 4.79 Å². The maximum atomic E-state index is 11.3. The van der Waals surface area contributed by atoms with Crippen molar-refractivity contribution in [3.63, 3.8) is 0 Å². The summed E-state index contributed by atoms with van der Waals surface area (Å²) >= 11 is 0. The van der Waals surface area contributed by atoms with Crippen molar-refractivity contribution < 1.29 is 4.79 Å². The van der Waals surface area contributed by atoms with Crippen molar-refractivity contribution in [3.05, 3.63) is 72.9 Å². The molecule has 7 nitrogen and oxygen atoms in total. The van der Waals surface area contributed by atoms with E-state index in [0.717, 1.165) is 28.2 Å². The number of anilines is 2. The first-order valence-electron chi connectivity index (χ1n) is 8.53. The van der Waals surface area contributed by atoms with Crippen LogP contribution >= 0.6 is 0 Å². The van der Waals surface area contributed by atoms with Crippen LogP contribution in [0.5, 0.6) is 0 Å². The monoisotopic (exact) mass is 358 g/mol. The normalized spacial score (nSPS) is 10.7. The van der Waals surface area contributed by atoms with Crippen LogP contribution in [0.15, 0.2) is 67.4 Å². The van der Waals surface area contributed by atoms with Crippen LogP contribution in [0, 0.1) is 0 Å². The van der Waals surface area contributed by atoms with Crippen molar-refractivity contribution in [2.24, 2.45) is 0 Å². The van der Waals surface area contributed by atoms with Gasteiger partial charge >= 0.3 is 0 Å². The molecule has 0 unspecified atom stereocenters. The lowest BCUT2D eigenvalue weighted by Gasteiger charge is -2.08. The van der Waals surface area contributed by atoms with Crippen molar-refractivity contribution in [1.29, 1.82) is 0 Å². The molecule has 0 bridgehead atoms. The minimum atomic E-state index is -0.101. The standard InChI is InChI=1S/C20H18N6O/c1-14(27)25-17-6-2-5-16(10-17)18-13-24-20-19(22-8-9-26(18)20)23-12-15-4-3-7-21-11-15/h2-11,13H,12H2,1H3,(H,22,23)(H,25,27). The summed E-state index contributed by atoms with van der Waals surface area (Å²) in [6.07, 6.45) is 8.98. The number of pyridine rings is 1. The highest BCUT2D eigenvalue weighted by Crippen LogP contribution is 2.25. The van der Waals surface area contributed by atoms with E-state index < -0.39 is 0 Å². The molecule has 0 radical (unpaired) electrons. The molecule has 0 atom stereocenters. The van der Waals surface area contributed by atoms with E-state index in [1.807, 2.05) is 53.2 Å². The fourth-order valence-electron chi connectivity index (χ4n) is 2.91. The van der Waals surface area contributed by atoms with Crippen LogP contribution in [0.3, 0.4) is 0 Å². The molecular formula is C20H18N6O. The smallest absolute Gasteiger partial charge is 0.221 e. The Morgan fingerprint density at radius 1 is 1.11 bits per heavy atom. The Balaban J connectivity index is 1.65. The van der Waals surface area contributed by atoms with Gasteiger partial charge in [-0.1, -0.05) is 18.2 Å². The molecule has 134 valence electrons. The lowest BCUT2D eigenvalue weighted by atomic mass is 10.1. The Morgan fingerprint density at radius 3 is 2.85 bits per heavy atom. The van der Waals surface area contributed by atoms with Crippen molar-refractivity contribution in [2.45, 2.75) is 13.5 Å². The molecular weight excluding hydrogens is 340 g/mol. The van der Waals surface area contributed by atoms with Crippen molar-refractivity contribution in [1.82, 2.24) is 19.4 Å². The predicted octanol–water partition coefficient (Wildman–Crippen LogP) is 3.36. The summed E-state index contributed by atoms with van der Waals surface area (Å²) in [5.41, 5.74) is 4.43. The molecule has 2 N–H and O–H groups in total. The molecule has 4 aromatic rings. The van der Waals surface area contributed by atoms with Crippen LogP contribution < -0.4 is 10.6 Å². The number of carbonyl (C=O) groups excluding carboxylic acids is 1. The van der Waals surface area contributed by atoms with Gasteiger partial charge in [0.1, 0.15) is 0 Å². The third-order valence-electron chi connectivity index (χ3n) is 4.09. The third kappa shape index (κ3) is 3.62. The number of hydrogen-bond donors (Lipinski definition) is 2. The molecule has 27 heavy (non-hydrogen) atoms. The number of benzene rings is 1. The molecule has 0 spiro atoms. The number of nitrogens with one attached hydrogen (secondary N) is 2. The summed E-state index contributed by atoms with van der Waals surface area (Å²) in [5.74, 6) is 0.599. The lowest BCUT2D eigenvalue weighted by Crippen LogP contribution is -2.05. The summed E-state index contributed by atoms with van der Waals surface area (Å²) in [5, 5.41) is 6.12. The predicted molar refractivity (Wildman–Crippen MR) is 104 cm³/mol. The van der Waals surface area contributed by atoms with Crippen LogP contribution in [0.2, 0.25) is 0 Å². The van der Waals surface area contributed by atoms with Gasteiger partial charge in [-0.3, -0.25) is 14.2 Å². The number of aromatic nitrogens is 4. The minimum Gasteiger partial charge on any atom is -0.363 e. The molecule has 0 aliphatic rings. The van der Waals surface area contributed by atoms with Crippen molar-refractivity contribution in [2.75, 3.05) is 10.6 Å². The molecule has 1 amide bonds. The quantitative estimate of drug-likeness (QED) is 0.571. The molecule has 0 saturated carbocycles. The summed E-state index contributed by atoms with van der Waals surface area (Å²) in [4.78, 5) is 24.4. The first kappa shape index (κ1) is 16.7. The van der Waals surface area contributed by atoms with Gasteiger partial charge in [-0.25, -0.2) is 9.97 Å². The van der Waals surface area contributed by atoms with E-state index in [1.165, 1.54) is 6.92 Å². The van der Waals surface area contributed by atoms with E-state index in [4.69, 9.17) is 0 Å². The SMILES string of the molecule is CC(=O)Nc1cccc(-c2cnc3c(NCc4cccnc4)nccn23)c1. The number of hydrogen-bond acceptors (Lipinski definition) is 5. The largest absolute Gasteiger partial charge is 0.363 e. The van der Waals surface area contributed by atoms with Crippen LogP contribution in [-0.4, -0.2) is 25.3 Å². The zero-order chi connectivity index (χ0) is 18.6. The second kappa shape index (κ2) is 7.25. The maximum Gasteiger partial charge on any atom is 0.221 e. The number of nitrogens with zero attached hydrogens (tertiary/aromatic N) is 4. The highest BCUT2D eigenvalue weighted by Gasteiger charge is 2.11. The van der Waals surface area contributed by atoms with Gasteiger partial charge in [-0.2, -0.15) is 0 Å². The highest BCUT2D eigenvalue weighted by molar-refractivity contribution is 5.89. The Bertz CT molecular complexity index is 1090. The number of amides is 1. The Hall–Kier alpha value is -3.74. The molecule has 0 aliphatic carbocycles. The fraction of sp³-hybridized carbons (Fsp3) is 0.100. The summed E-state index contributed by atoms with van der Waals surface area (Å²) in [6.45, 7) is 2.10. The zero-order valence-electron chi connectivity index (χ0n) is 14.8. The first-order chi connectivity index (χ1) is 13.2. The molecule has 0 fully saturated rings. The number of rotatable bonds is 5. The van der Waals surface area contributed by atoms with Gasteiger partial charge in [0.05, 0.1) is 11.9 Å². The number of imidazole rings is 1. The third-order valence-corrected chi connectivity index (χ3v) is 4.09. The topological polar surface area (TPSA) is 84.2 Å². The second-order valence-corrected chi connectivity index (χ2v) is 6.09. The molecule has 0 saturated heterocycles. The van der Waals surface area contributed by atoms with Gasteiger partial charge in [0.25, 0.3) is 0 Å². The Kier molecular flexibility index (Phi) is 4.49. The maximum absolute atomic E-state index is 11.3. The van der Waals surface area contributed by atoms with E-state index >= 15 is 0 Å². The Labute approximate surface area is 156 Å². The fourth-order valence-corrected chi connectivity index (χ4v) is 2.91. The number of fused-ring (bicyclic) bond motifs is 1. The van der Waals surface area contributed by atoms with E-state index in [1.54, 1.807) is 18.6 Å². The van der Waals surface area contributed by atoms with Gasteiger partial charge in [0.2, 0.25) is 5.91 Å². The second-order valence-electron chi connectivity index (χ2n) is 6.09. The van der Waals surface area contributed by atoms with Crippen LogP contribution in [0.4, 0.5) is 11.5 Å². The minimum absolute atomic E-state index is 0.101. The van der Waals surface area contributed by atoms with E-state index in [0.29, 0.717) is 12.4 Å². The molecule has 3 heterocycles. The summed E-state index contributed by atoms with van der Waals surface area (Å²) in [6, 6.07) is 11.6. The molecule has 4 rings (SSSR count). The average Bonchev–Trinajstić information content (AvgIpc) is 3.12. The van der Waals surface area contributed by atoms with Gasteiger partial charge < -0.3 is 10.6 Å². The van der Waals surface area contributed by atoms with Crippen LogP contribution in [0.1, 0.15) is 12.5 Å². The molecule has 3 aromatic heterocycles. The molecule has 1 aromatic carbocycles. The number of carbonyl (C=O) groups is 1. The van der Waals surface area contributed by atoms with Crippen molar-refractivity contribution in [3.8, 4) is 11.3 Å². The summed E-state index contributed by atoms with van der Waals surface area (Å²) < 4.78 is 1.98.